The number of methoxy groups -OCH3 is 1. The predicted molar refractivity (Wildman–Crippen MR) is 51.0 cm³/mol. The van der Waals surface area contributed by atoms with Crippen LogP contribution in [-0.4, -0.2) is 71.7 Å². The summed E-state index contributed by atoms with van der Waals surface area (Å²) in [7, 11) is 1.66. The van der Waals surface area contributed by atoms with E-state index in [4.69, 9.17) is 9.47 Å². The molecule has 2 nitrogen and oxygen atoms in total. The average Bonchev–Trinajstić information content (AvgIpc) is 2.07. The summed E-state index contributed by atoms with van der Waals surface area (Å²) < 4.78 is 10.2. The number of hydrogen-bond donors (Lipinski definition) is 0. The quantitative estimate of drug-likeness (QED) is 0.524. The van der Waals surface area contributed by atoms with Gasteiger partial charge in [0.05, 0.1) is 6.61 Å². The van der Waals surface area contributed by atoms with Crippen LogP contribution in [0, 0.1) is 0 Å². The first-order chi connectivity index (χ1) is 5.43. The van der Waals surface area contributed by atoms with Crippen molar-refractivity contribution < 1.29 is 9.47 Å². The van der Waals surface area contributed by atoms with Gasteiger partial charge in [0.1, 0.15) is 12.4 Å². The molecule has 0 atom stereocenters. The molecule has 0 bridgehead atoms. The molecule has 0 spiro atoms. The van der Waals surface area contributed by atoms with E-state index in [1.54, 1.807) is 7.11 Å². The van der Waals surface area contributed by atoms with Gasteiger partial charge in [0.15, 0.2) is 0 Å². The molecule has 0 N–H and O–H groups in total. The molecule has 0 saturated carbocycles. The van der Waals surface area contributed by atoms with Crippen LogP contribution >= 0.6 is 0 Å². The summed E-state index contributed by atoms with van der Waals surface area (Å²) >= 11 is 0. The first-order valence-electron chi connectivity index (χ1n) is 3.60. The normalized spacial score (nSPS) is 8.75. The molecule has 1 aromatic rings. The van der Waals surface area contributed by atoms with Gasteiger partial charge in [-0.1, -0.05) is 18.2 Å². The van der Waals surface area contributed by atoms with Gasteiger partial charge in [0.25, 0.3) is 0 Å². The van der Waals surface area contributed by atoms with Crippen LogP contribution in [0.2, 0.25) is 0 Å². The van der Waals surface area contributed by atoms with E-state index in [1.165, 1.54) is 0 Å². The molecule has 3 heteroatoms. The Kier molecular flexibility index (Phi) is 8.65. The Hall–Kier alpha value is 0.616. The second-order valence-electron chi connectivity index (χ2n) is 2.15. The number of benzene rings is 1. The average molecular weight is 192 g/mol. The van der Waals surface area contributed by atoms with Gasteiger partial charge in [-0.3, -0.25) is 0 Å². The van der Waals surface area contributed by atoms with Crippen molar-refractivity contribution in [3.05, 3.63) is 30.3 Å². The molecule has 0 aromatic heterocycles. The fraction of sp³-hybridized carbons (Fsp3) is 0.333. The topological polar surface area (TPSA) is 18.5 Å². The molecular formula is C9H13KO2. The van der Waals surface area contributed by atoms with Crippen molar-refractivity contribution in [1.29, 1.82) is 0 Å². The van der Waals surface area contributed by atoms with Crippen molar-refractivity contribution in [2.24, 2.45) is 0 Å². The fourth-order valence-electron chi connectivity index (χ4n) is 0.760. The summed E-state index contributed by atoms with van der Waals surface area (Å²) in [5.74, 6) is 0.893. The van der Waals surface area contributed by atoms with Crippen molar-refractivity contribution in [3.8, 4) is 5.75 Å². The predicted octanol–water partition coefficient (Wildman–Crippen LogP) is 1.06. The zero-order valence-electron chi connectivity index (χ0n) is 6.62. The maximum atomic E-state index is 5.32. The first kappa shape index (κ1) is 12.6. The molecule has 0 fully saturated rings. The van der Waals surface area contributed by atoms with Gasteiger partial charge in [-0.15, -0.1) is 0 Å². The number of para-hydroxylation sites is 1. The molecule has 62 valence electrons. The van der Waals surface area contributed by atoms with Gasteiger partial charge in [-0.25, -0.2) is 0 Å². The second-order valence-corrected chi connectivity index (χ2v) is 2.15. The zero-order chi connectivity index (χ0) is 7.94. The summed E-state index contributed by atoms with van der Waals surface area (Å²) in [6.07, 6.45) is 0. The maximum absolute atomic E-state index is 5.32. The molecule has 1 rings (SSSR count). The van der Waals surface area contributed by atoms with E-state index in [0.717, 1.165) is 5.75 Å². The molecule has 12 heavy (non-hydrogen) atoms. The third kappa shape index (κ3) is 5.30. The van der Waals surface area contributed by atoms with Gasteiger partial charge in [0.2, 0.25) is 0 Å². The van der Waals surface area contributed by atoms with E-state index >= 15 is 0 Å². The van der Waals surface area contributed by atoms with Crippen molar-refractivity contribution in [2.75, 3.05) is 20.3 Å². The third-order valence-electron chi connectivity index (χ3n) is 1.30. The van der Waals surface area contributed by atoms with Crippen molar-refractivity contribution in [1.82, 2.24) is 0 Å². The van der Waals surface area contributed by atoms with Crippen molar-refractivity contribution in [2.45, 2.75) is 0 Å². The van der Waals surface area contributed by atoms with E-state index in [1.807, 2.05) is 30.3 Å². The number of ether oxygens (including phenoxy) is 2. The van der Waals surface area contributed by atoms with Gasteiger partial charge < -0.3 is 9.47 Å². The van der Waals surface area contributed by atoms with Gasteiger partial charge in [-0.2, -0.15) is 0 Å². The Morgan fingerprint density at radius 1 is 1.08 bits per heavy atom. The molecule has 0 aliphatic carbocycles. The molecule has 0 unspecified atom stereocenters. The van der Waals surface area contributed by atoms with E-state index in [2.05, 4.69) is 0 Å². The molecule has 1 aromatic carbocycles. The van der Waals surface area contributed by atoms with Crippen molar-refractivity contribution in [3.63, 3.8) is 0 Å². The summed E-state index contributed by atoms with van der Waals surface area (Å²) in [6.45, 7) is 1.25. The monoisotopic (exact) mass is 192 g/mol. The SMILES string of the molecule is COCCOc1ccccc1.[KH]. The molecular weight excluding hydrogens is 179 g/mol. The molecule has 0 heterocycles. The Bertz CT molecular complexity index is 189. The van der Waals surface area contributed by atoms with Crippen LogP contribution in [0.5, 0.6) is 5.75 Å². The van der Waals surface area contributed by atoms with Gasteiger partial charge in [-0.05, 0) is 12.1 Å². The molecule has 0 aliphatic rings. The third-order valence-corrected chi connectivity index (χ3v) is 1.30. The van der Waals surface area contributed by atoms with Crippen LogP contribution in [0.25, 0.3) is 0 Å². The minimum atomic E-state index is 0. The van der Waals surface area contributed by atoms with E-state index in [0.29, 0.717) is 13.2 Å². The fourth-order valence-corrected chi connectivity index (χ4v) is 0.760. The first-order valence-corrected chi connectivity index (χ1v) is 3.60. The minimum absolute atomic E-state index is 0. The van der Waals surface area contributed by atoms with Crippen LogP contribution in [0.3, 0.4) is 0 Å². The van der Waals surface area contributed by atoms with E-state index in [9.17, 15) is 0 Å². The van der Waals surface area contributed by atoms with Crippen LogP contribution in [-0.2, 0) is 4.74 Å². The summed E-state index contributed by atoms with van der Waals surface area (Å²) in [5.41, 5.74) is 0. The Morgan fingerprint density at radius 3 is 2.33 bits per heavy atom. The van der Waals surface area contributed by atoms with E-state index in [-0.39, 0.29) is 51.4 Å². The van der Waals surface area contributed by atoms with E-state index < -0.39 is 0 Å². The van der Waals surface area contributed by atoms with Crippen molar-refractivity contribution >= 4 is 51.4 Å². The Morgan fingerprint density at radius 2 is 1.75 bits per heavy atom. The summed E-state index contributed by atoms with van der Waals surface area (Å²) in [4.78, 5) is 0. The van der Waals surface area contributed by atoms with Gasteiger partial charge in [0, 0.05) is 7.11 Å². The van der Waals surface area contributed by atoms with Crippen LogP contribution < -0.4 is 4.74 Å². The molecule has 0 amide bonds. The summed E-state index contributed by atoms with van der Waals surface area (Å²) in [6, 6.07) is 9.71. The molecule has 0 aliphatic heterocycles. The number of hydrogen-bond acceptors (Lipinski definition) is 2. The molecule has 0 saturated heterocycles. The Labute approximate surface area is 116 Å². The van der Waals surface area contributed by atoms with Crippen LogP contribution in [0.1, 0.15) is 0 Å². The number of rotatable bonds is 4. The Balaban J connectivity index is 0.00000121. The zero-order valence-corrected chi connectivity index (χ0v) is 6.62. The van der Waals surface area contributed by atoms with Gasteiger partial charge >= 0.3 is 51.4 Å². The molecule has 0 radical (unpaired) electrons. The summed E-state index contributed by atoms with van der Waals surface area (Å²) in [5, 5.41) is 0. The second kappa shape index (κ2) is 8.23. The van der Waals surface area contributed by atoms with Crippen LogP contribution in [0.15, 0.2) is 30.3 Å². The van der Waals surface area contributed by atoms with Crippen LogP contribution in [0.4, 0.5) is 0 Å². The standard InChI is InChI=1S/C9H12O2.K.H/c1-10-7-8-11-9-5-3-2-4-6-9;;/h2-6H,7-8H2,1H3;;.